The minimum absolute atomic E-state index is 0.0899. The topological polar surface area (TPSA) is 17.1 Å². The number of Topliss-reactive ketones (excluding diaryl/α,β-unsaturated/α-hetero) is 1. The van der Waals surface area contributed by atoms with Crippen LogP contribution in [0.4, 0.5) is 0 Å². The van der Waals surface area contributed by atoms with Crippen LogP contribution in [0.2, 0.25) is 0 Å². The highest BCUT2D eigenvalue weighted by Gasteiger charge is 2.04. The van der Waals surface area contributed by atoms with Gasteiger partial charge in [0.15, 0.2) is 5.78 Å². The molecule has 0 atom stereocenters. The minimum Gasteiger partial charge on any atom is -0.295 e. The van der Waals surface area contributed by atoms with Crippen LogP contribution >= 0.6 is 0 Å². The van der Waals surface area contributed by atoms with Gasteiger partial charge in [-0.2, -0.15) is 0 Å². The van der Waals surface area contributed by atoms with Crippen molar-refractivity contribution in [2.45, 2.75) is 27.7 Å². The van der Waals surface area contributed by atoms with E-state index in [0.717, 1.165) is 22.3 Å². The molecular formula is C17H20O. The van der Waals surface area contributed by atoms with Gasteiger partial charge in [-0.05, 0) is 38.8 Å². The zero-order valence-corrected chi connectivity index (χ0v) is 11.6. The zero-order valence-electron chi connectivity index (χ0n) is 11.6. The third-order valence-electron chi connectivity index (χ3n) is 2.89. The van der Waals surface area contributed by atoms with Crippen molar-refractivity contribution in [3.63, 3.8) is 0 Å². The summed E-state index contributed by atoms with van der Waals surface area (Å²) in [5, 5.41) is 0. The summed E-state index contributed by atoms with van der Waals surface area (Å²) < 4.78 is 0. The lowest BCUT2D eigenvalue weighted by Gasteiger charge is -2.08. The van der Waals surface area contributed by atoms with Crippen LogP contribution in [0.25, 0.3) is 5.57 Å². The summed E-state index contributed by atoms with van der Waals surface area (Å²) in [4.78, 5) is 11.2. The lowest BCUT2D eigenvalue weighted by atomic mass is 9.96. The van der Waals surface area contributed by atoms with E-state index in [1.807, 2.05) is 38.1 Å². The number of rotatable bonds is 4. The summed E-state index contributed by atoms with van der Waals surface area (Å²) in [6, 6.07) is 7.67. The van der Waals surface area contributed by atoms with Crippen molar-refractivity contribution in [1.82, 2.24) is 0 Å². The van der Waals surface area contributed by atoms with Crippen molar-refractivity contribution in [1.29, 1.82) is 0 Å². The number of carbonyl (C=O) groups excluding carboxylic acids is 1. The molecule has 0 aliphatic rings. The van der Waals surface area contributed by atoms with Gasteiger partial charge in [-0.15, -0.1) is 0 Å². The van der Waals surface area contributed by atoms with Crippen molar-refractivity contribution in [3.05, 3.63) is 65.3 Å². The van der Waals surface area contributed by atoms with E-state index in [1.165, 1.54) is 5.57 Å². The number of ketones is 1. The SMILES string of the molecule is C=C(C)/C(=C\C(C)=C/C)c1ccc(C(C)=O)cc1. The van der Waals surface area contributed by atoms with Gasteiger partial charge in [-0.1, -0.05) is 54.1 Å². The number of hydrogen-bond acceptors (Lipinski definition) is 1. The molecule has 0 aromatic heterocycles. The first-order valence-electron chi connectivity index (χ1n) is 6.07. The Kier molecular flexibility index (Phi) is 4.85. The van der Waals surface area contributed by atoms with Gasteiger partial charge in [0, 0.05) is 5.56 Å². The molecule has 0 N–H and O–H groups in total. The maximum atomic E-state index is 11.2. The molecule has 0 aliphatic heterocycles. The van der Waals surface area contributed by atoms with Crippen LogP contribution in [0.5, 0.6) is 0 Å². The fraction of sp³-hybridized carbons (Fsp3) is 0.235. The van der Waals surface area contributed by atoms with Gasteiger partial charge in [0.2, 0.25) is 0 Å². The van der Waals surface area contributed by atoms with Gasteiger partial charge >= 0.3 is 0 Å². The summed E-state index contributed by atoms with van der Waals surface area (Å²) in [7, 11) is 0. The zero-order chi connectivity index (χ0) is 13.7. The Morgan fingerprint density at radius 2 is 1.56 bits per heavy atom. The van der Waals surface area contributed by atoms with Gasteiger partial charge in [-0.25, -0.2) is 0 Å². The summed E-state index contributed by atoms with van der Waals surface area (Å²) in [6.07, 6.45) is 4.18. The molecular weight excluding hydrogens is 220 g/mol. The Balaban J connectivity index is 3.20. The Morgan fingerprint density at radius 1 is 1.06 bits per heavy atom. The average molecular weight is 240 g/mol. The van der Waals surface area contributed by atoms with Gasteiger partial charge in [-0.3, -0.25) is 4.79 Å². The molecule has 1 nitrogen and oxygen atoms in total. The Bertz CT molecular complexity index is 513. The first kappa shape index (κ1) is 14.2. The van der Waals surface area contributed by atoms with Crippen LogP contribution in [0.15, 0.2) is 54.1 Å². The molecule has 0 fully saturated rings. The highest BCUT2D eigenvalue weighted by molar-refractivity contribution is 5.94. The van der Waals surface area contributed by atoms with Gasteiger partial charge in [0.1, 0.15) is 0 Å². The molecule has 1 heteroatoms. The molecule has 0 radical (unpaired) electrons. The molecule has 0 bridgehead atoms. The van der Waals surface area contributed by atoms with E-state index in [9.17, 15) is 4.79 Å². The van der Waals surface area contributed by atoms with Crippen LogP contribution in [0.3, 0.4) is 0 Å². The first-order chi connectivity index (χ1) is 8.45. The Hall–Kier alpha value is -1.89. The minimum atomic E-state index is 0.0899. The lowest BCUT2D eigenvalue weighted by molar-refractivity contribution is 0.101. The van der Waals surface area contributed by atoms with E-state index in [4.69, 9.17) is 0 Å². The van der Waals surface area contributed by atoms with Gasteiger partial charge in [0.25, 0.3) is 0 Å². The predicted octanol–water partition coefficient (Wildman–Crippen LogP) is 4.81. The van der Waals surface area contributed by atoms with E-state index >= 15 is 0 Å². The van der Waals surface area contributed by atoms with Crippen LogP contribution in [0.1, 0.15) is 43.6 Å². The van der Waals surface area contributed by atoms with Crippen LogP contribution in [0, 0.1) is 0 Å². The van der Waals surface area contributed by atoms with Gasteiger partial charge in [0.05, 0.1) is 0 Å². The second kappa shape index (κ2) is 6.15. The van der Waals surface area contributed by atoms with Crippen molar-refractivity contribution in [3.8, 4) is 0 Å². The van der Waals surface area contributed by atoms with E-state index < -0.39 is 0 Å². The highest BCUT2D eigenvalue weighted by atomic mass is 16.1. The van der Waals surface area contributed by atoms with Crippen molar-refractivity contribution in [2.24, 2.45) is 0 Å². The van der Waals surface area contributed by atoms with Crippen LogP contribution in [-0.2, 0) is 0 Å². The molecule has 1 rings (SSSR count). The quantitative estimate of drug-likeness (QED) is 0.545. The normalized spacial score (nSPS) is 12.4. The number of carbonyl (C=O) groups is 1. The standard InChI is InChI=1S/C17H20O/c1-6-13(4)11-17(12(2)3)16-9-7-15(8-10-16)14(5)18/h6-11H,2H2,1,3-5H3/b13-6-,17-11+. The fourth-order valence-corrected chi connectivity index (χ4v) is 1.65. The molecule has 0 amide bonds. The van der Waals surface area contributed by atoms with Crippen LogP contribution in [-0.4, -0.2) is 5.78 Å². The van der Waals surface area contributed by atoms with Gasteiger partial charge < -0.3 is 0 Å². The summed E-state index contributed by atoms with van der Waals surface area (Å²) in [6.45, 7) is 11.7. The van der Waals surface area contributed by atoms with E-state index in [-0.39, 0.29) is 5.78 Å². The first-order valence-corrected chi connectivity index (χ1v) is 6.07. The number of benzene rings is 1. The second-order valence-corrected chi connectivity index (χ2v) is 4.50. The molecule has 1 aromatic rings. The summed E-state index contributed by atoms with van der Waals surface area (Å²) >= 11 is 0. The average Bonchev–Trinajstić information content (AvgIpc) is 2.35. The lowest BCUT2D eigenvalue weighted by Crippen LogP contribution is -1.93. The second-order valence-electron chi connectivity index (χ2n) is 4.50. The van der Waals surface area contributed by atoms with E-state index in [2.05, 4.69) is 25.7 Å². The number of hydrogen-bond donors (Lipinski definition) is 0. The molecule has 0 saturated heterocycles. The summed E-state index contributed by atoms with van der Waals surface area (Å²) in [5.74, 6) is 0.0899. The molecule has 94 valence electrons. The Labute approximate surface area is 110 Å². The van der Waals surface area contributed by atoms with E-state index in [1.54, 1.807) is 6.92 Å². The Morgan fingerprint density at radius 3 is 1.94 bits per heavy atom. The molecule has 1 aromatic carbocycles. The van der Waals surface area contributed by atoms with E-state index in [0.29, 0.717) is 0 Å². The monoisotopic (exact) mass is 240 g/mol. The van der Waals surface area contributed by atoms with Crippen molar-refractivity contribution >= 4 is 11.4 Å². The third kappa shape index (κ3) is 3.56. The third-order valence-corrected chi connectivity index (χ3v) is 2.89. The van der Waals surface area contributed by atoms with Crippen molar-refractivity contribution in [2.75, 3.05) is 0 Å². The molecule has 0 aliphatic carbocycles. The smallest absolute Gasteiger partial charge is 0.159 e. The fourth-order valence-electron chi connectivity index (χ4n) is 1.65. The van der Waals surface area contributed by atoms with Crippen molar-refractivity contribution < 1.29 is 4.79 Å². The van der Waals surface area contributed by atoms with Crippen LogP contribution < -0.4 is 0 Å². The predicted molar refractivity (Wildman–Crippen MR) is 78.7 cm³/mol. The largest absolute Gasteiger partial charge is 0.295 e. The molecule has 0 saturated carbocycles. The summed E-state index contributed by atoms with van der Waals surface area (Å²) in [5.41, 5.74) is 5.16. The number of allylic oxidation sites excluding steroid dienone is 5. The highest BCUT2D eigenvalue weighted by Crippen LogP contribution is 2.23. The molecule has 0 spiro atoms. The molecule has 0 heterocycles. The molecule has 18 heavy (non-hydrogen) atoms. The maximum absolute atomic E-state index is 11.2. The molecule has 0 unspecified atom stereocenters. The maximum Gasteiger partial charge on any atom is 0.159 e.